The van der Waals surface area contributed by atoms with Gasteiger partial charge in [0, 0.05) is 18.1 Å². The topological polar surface area (TPSA) is 90.0 Å². The number of allylic oxidation sites excluding steroid dienone is 2. The molecule has 23 heavy (non-hydrogen) atoms. The van der Waals surface area contributed by atoms with Crippen molar-refractivity contribution < 1.29 is 28.7 Å². The highest BCUT2D eigenvalue weighted by atomic mass is 16.5. The smallest absolute Gasteiger partial charge is 0.331 e. The third kappa shape index (κ3) is 6.06. The largest absolute Gasteiger partial charge is 0.466 e. The maximum atomic E-state index is 12.3. The van der Waals surface area contributed by atoms with Gasteiger partial charge in [-0.25, -0.2) is 9.59 Å². The van der Waals surface area contributed by atoms with Gasteiger partial charge in [0.05, 0.1) is 13.7 Å². The second-order valence-electron chi connectivity index (χ2n) is 5.19. The highest BCUT2D eigenvalue weighted by Crippen LogP contribution is 2.26. The van der Waals surface area contributed by atoms with Crippen LogP contribution in [0.3, 0.4) is 0 Å². The predicted molar refractivity (Wildman–Crippen MR) is 80.9 cm³/mol. The Hall–Kier alpha value is -2.44. The van der Waals surface area contributed by atoms with E-state index in [9.17, 15) is 19.2 Å². The molecule has 1 aliphatic carbocycles. The molecule has 0 bridgehead atoms. The van der Waals surface area contributed by atoms with Gasteiger partial charge in [0.2, 0.25) is 12.3 Å². The summed E-state index contributed by atoms with van der Waals surface area (Å²) in [5, 5.41) is 0. The molecule has 2 atom stereocenters. The quantitative estimate of drug-likeness (QED) is 0.298. The number of carbonyl (C=O) groups is 4. The summed E-state index contributed by atoms with van der Waals surface area (Å²) in [6.45, 7) is 1.81. The van der Waals surface area contributed by atoms with Gasteiger partial charge in [0.25, 0.3) is 0 Å². The first-order valence-corrected chi connectivity index (χ1v) is 7.33. The molecule has 0 saturated heterocycles. The number of esters is 2. The minimum absolute atomic E-state index is 0.0208. The molecule has 2 amide bonds. The van der Waals surface area contributed by atoms with Gasteiger partial charge in [0.15, 0.2) is 0 Å². The summed E-state index contributed by atoms with van der Waals surface area (Å²) in [5.74, 6) is -1.76. The number of ether oxygens (including phenoxy) is 2. The van der Waals surface area contributed by atoms with E-state index in [1.54, 1.807) is 0 Å². The molecule has 2 unspecified atom stereocenters. The molecule has 0 aromatic carbocycles. The van der Waals surface area contributed by atoms with E-state index in [1.807, 2.05) is 19.1 Å². The Morgan fingerprint density at radius 3 is 2.43 bits per heavy atom. The molecule has 0 radical (unpaired) electrons. The van der Waals surface area contributed by atoms with Crippen LogP contribution in [-0.2, 0) is 28.7 Å². The van der Waals surface area contributed by atoms with Crippen LogP contribution in [0.15, 0.2) is 24.3 Å². The van der Waals surface area contributed by atoms with Crippen LogP contribution < -0.4 is 0 Å². The molecule has 1 aliphatic rings. The Kier molecular flexibility index (Phi) is 7.73. The molecule has 1 rings (SSSR count). The van der Waals surface area contributed by atoms with E-state index in [1.165, 1.54) is 7.11 Å². The van der Waals surface area contributed by atoms with Crippen LogP contribution in [0.4, 0.5) is 0 Å². The van der Waals surface area contributed by atoms with E-state index in [4.69, 9.17) is 4.74 Å². The monoisotopic (exact) mass is 323 g/mol. The van der Waals surface area contributed by atoms with Crippen LogP contribution in [-0.4, -0.2) is 49.4 Å². The summed E-state index contributed by atoms with van der Waals surface area (Å²) < 4.78 is 9.16. The lowest BCUT2D eigenvalue weighted by molar-refractivity contribution is -0.147. The van der Waals surface area contributed by atoms with Crippen molar-refractivity contribution in [1.82, 2.24) is 4.90 Å². The number of amides is 2. The zero-order chi connectivity index (χ0) is 17.2. The number of hydrogen-bond acceptors (Lipinski definition) is 6. The first-order valence-electron chi connectivity index (χ1n) is 7.33. The molecule has 126 valence electrons. The lowest BCUT2D eigenvalue weighted by Gasteiger charge is -2.27. The Labute approximate surface area is 134 Å². The predicted octanol–water partition coefficient (Wildman–Crippen LogP) is 0.846. The molecule has 7 heteroatoms. The Bertz CT molecular complexity index is 511. The van der Waals surface area contributed by atoms with Crippen molar-refractivity contribution in [2.24, 2.45) is 11.8 Å². The average Bonchev–Trinajstić information content (AvgIpc) is 2.56. The summed E-state index contributed by atoms with van der Waals surface area (Å²) in [6.07, 6.45) is 7.67. The maximum Gasteiger partial charge on any atom is 0.331 e. The third-order valence-corrected chi connectivity index (χ3v) is 3.61. The van der Waals surface area contributed by atoms with E-state index in [2.05, 4.69) is 4.74 Å². The van der Waals surface area contributed by atoms with E-state index < -0.39 is 11.9 Å². The van der Waals surface area contributed by atoms with Crippen LogP contribution in [0, 0.1) is 11.8 Å². The first-order chi connectivity index (χ1) is 11.0. The number of imide groups is 1. The second-order valence-corrected chi connectivity index (χ2v) is 5.19. The first kappa shape index (κ1) is 18.6. The summed E-state index contributed by atoms with van der Waals surface area (Å²) in [6, 6.07) is 0. The molecule has 0 N–H and O–H groups in total. The molecular formula is C16H21NO6. The summed E-state index contributed by atoms with van der Waals surface area (Å²) >= 11 is 0. The Morgan fingerprint density at radius 1 is 1.17 bits per heavy atom. The summed E-state index contributed by atoms with van der Waals surface area (Å²) in [4.78, 5) is 46.6. The maximum absolute atomic E-state index is 12.3. The lowest BCUT2D eigenvalue weighted by atomic mass is 9.83. The molecule has 0 aromatic heterocycles. The van der Waals surface area contributed by atoms with Gasteiger partial charge in [-0.15, -0.1) is 0 Å². The molecule has 0 aromatic rings. The van der Waals surface area contributed by atoms with Gasteiger partial charge in [-0.2, -0.15) is 0 Å². The molecule has 0 fully saturated rings. The van der Waals surface area contributed by atoms with Crippen molar-refractivity contribution in [3.63, 3.8) is 0 Å². The van der Waals surface area contributed by atoms with Gasteiger partial charge in [-0.3, -0.25) is 14.5 Å². The van der Waals surface area contributed by atoms with Crippen LogP contribution in [0.2, 0.25) is 0 Å². The molecule has 0 saturated carbocycles. The standard InChI is InChI=1S/C16H21NO6/c1-12-5-3-4-6-13(12)16(21)17(11-18)9-10-23-15(20)8-7-14(19)22-2/h3-4,7-8,11-13H,5-6,9-10H2,1-2H3/b8-7+. The molecule has 0 spiro atoms. The van der Waals surface area contributed by atoms with E-state index in [-0.39, 0.29) is 30.9 Å². The number of rotatable bonds is 7. The highest BCUT2D eigenvalue weighted by Gasteiger charge is 2.29. The zero-order valence-electron chi connectivity index (χ0n) is 13.3. The minimum Gasteiger partial charge on any atom is -0.466 e. The van der Waals surface area contributed by atoms with Crippen LogP contribution in [0.1, 0.15) is 19.8 Å². The molecule has 7 nitrogen and oxygen atoms in total. The van der Waals surface area contributed by atoms with Gasteiger partial charge in [-0.1, -0.05) is 19.1 Å². The van der Waals surface area contributed by atoms with Gasteiger partial charge >= 0.3 is 11.9 Å². The Morgan fingerprint density at radius 2 is 1.83 bits per heavy atom. The Balaban J connectivity index is 2.44. The fraction of sp³-hybridized carbons (Fsp3) is 0.500. The second kappa shape index (κ2) is 9.55. The summed E-state index contributed by atoms with van der Waals surface area (Å²) in [7, 11) is 1.19. The van der Waals surface area contributed by atoms with Crippen LogP contribution >= 0.6 is 0 Å². The van der Waals surface area contributed by atoms with Crippen molar-refractivity contribution in [2.75, 3.05) is 20.3 Å². The lowest BCUT2D eigenvalue weighted by Crippen LogP contribution is -2.40. The van der Waals surface area contributed by atoms with Crippen molar-refractivity contribution in [1.29, 1.82) is 0 Å². The minimum atomic E-state index is -0.748. The molecule has 0 aliphatic heterocycles. The van der Waals surface area contributed by atoms with E-state index in [0.29, 0.717) is 12.8 Å². The summed E-state index contributed by atoms with van der Waals surface area (Å²) in [5.41, 5.74) is 0. The number of nitrogens with zero attached hydrogens (tertiary/aromatic N) is 1. The fourth-order valence-corrected chi connectivity index (χ4v) is 2.22. The van der Waals surface area contributed by atoms with Crippen molar-refractivity contribution in [3.8, 4) is 0 Å². The van der Waals surface area contributed by atoms with Crippen molar-refractivity contribution in [3.05, 3.63) is 24.3 Å². The molecular weight excluding hydrogens is 302 g/mol. The van der Waals surface area contributed by atoms with Crippen molar-refractivity contribution >= 4 is 24.3 Å². The number of carbonyl (C=O) groups excluding carboxylic acids is 4. The third-order valence-electron chi connectivity index (χ3n) is 3.61. The van der Waals surface area contributed by atoms with Gasteiger partial charge < -0.3 is 9.47 Å². The van der Waals surface area contributed by atoms with E-state index >= 15 is 0 Å². The zero-order valence-corrected chi connectivity index (χ0v) is 13.3. The number of hydrogen-bond donors (Lipinski definition) is 0. The van der Waals surface area contributed by atoms with Gasteiger partial charge in [0.1, 0.15) is 6.61 Å². The van der Waals surface area contributed by atoms with Crippen molar-refractivity contribution in [2.45, 2.75) is 19.8 Å². The fourth-order valence-electron chi connectivity index (χ4n) is 2.22. The molecule has 0 heterocycles. The van der Waals surface area contributed by atoms with Gasteiger partial charge in [-0.05, 0) is 18.8 Å². The highest BCUT2D eigenvalue weighted by molar-refractivity contribution is 5.91. The number of methoxy groups -OCH3 is 1. The van der Waals surface area contributed by atoms with E-state index in [0.717, 1.165) is 23.5 Å². The average molecular weight is 323 g/mol. The van der Waals surface area contributed by atoms with Crippen LogP contribution in [0.25, 0.3) is 0 Å². The van der Waals surface area contributed by atoms with Crippen LogP contribution in [0.5, 0.6) is 0 Å². The normalized spacial score (nSPS) is 20.1. The SMILES string of the molecule is COC(=O)/C=C/C(=O)OCCN(C=O)C(=O)C1CC=CCC1C.